The van der Waals surface area contributed by atoms with Crippen molar-refractivity contribution in [1.82, 2.24) is 9.47 Å². The molecule has 0 radical (unpaired) electrons. The van der Waals surface area contributed by atoms with Gasteiger partial charge in [-0.2, -0.15) is 0 Å². The first kappa shape index (κ1) is 15.7. The second kappa shape index (κ2) is 6.63. The molecular weight excluding hydrogens is 341 g/mol. The number of nitrogens with zero attached hydrogens (tertiary/aromatic N) is 3. The fraction of sp³-hybridized carbons (Fsp3) is 0.278. The third-order valence-corrected chi connectivity index (χ3v) is 5.91. The Bertz CT molecular complexity index is 910. The number of benzene rings is 2. The first-order valence-electron chi connectivity index (χ1n) is 8.02. The summed E-state index contributed by atoms with van der Waals surface area (Å²) < 4.78 is 18.3. The highest BCUT2D eigenvalue weighted by atomic mass is 32.1. The van der Waals surface area contributed by atoms with Crippen LogP contribution in [0, 0.1) is 9.77 Å². The molecule has 1 saturated heterocycles. The van der Waals surface area contributed by atoms with Crippen molar-refractivity contribution in [2.75, 3.05) is 31.1 Å². The van der Waals surface area contributed by atoms with Gasteiger partial charge in [-0.05, 0) is 36.5 Å². The lowest BCUT2D eigenvalue weighted by atomic mass is 10.2. The van der Waals surface area contributed by atoms with E-state index in [9.17, 15) is 4.39 Å². The molecule has 4 rings (SSSR count). The highest BCUT2D eigenvalue weighted by Crippen LogP contribution is 2.24. The van der Waals surface area contributed by atoms with E-state index in [1.807, 2.05) is 18.2 Å². The van der Waals surface area contributed by atoms with Crippen LogP contribution in [0.2, 0.25) is 0 Å². The number of anilines is 1. The molecule has 0 aliphatic carbocycles. The zero-order valence-corrected chi connectivity index (χ0v) is 14.8. The van der Waals surface area contributed by atoms with Gasteiger partial charge in [0.1, 0.15) is 5.82 Å². The van der Waals surface area contributed by atoms with Gasteiger partial charge in [-0.15, -0.1) is 11.3 Å². The topological polar surface area (TPSA) is 11.4 Å². The summed E-state index contributed by atoms with van der Waals surface area (Å²) in [4.78, 5) is 4.50. The molecule has 124 valence electrons. The van der Waals surface area contributed by atoms with Crippen molar-refractivity contribution in [3.8, 4) is 0 Å². The monoisotopic (exact) mass is 359 g/mol. The van der Waals surface area contributed by atoms with Crippen molar-refractivity contribution in [1.29, 1.82) is 0 Å². The maximum atomic E-state index is 13.9. The Morgan fingerprint density at radius 2 is 1.67 bits per heavy atom. The van der Waals surface area contributed by atoms with Gasteiger partial charge in [0.15, 0.2) is 3.95 Å². The zero-order valence-electron chi connectivity index (χ0n) is 13.2. The van der Waals surface area contributed by atoms with E-state index >= 15 is 0 Å². The molecule has 0 bridgehead atoms. The van der Waals surface area contributed by atoms with E-state index in [0.29, 0.717) is 5.69 Å². The van der Waals surface area contributed by atoms with Crippen LogP contribution in [0.25, 0.3) is 10.2 Å². The average molecular weight is 359 g/mol. The van der Waals surface area contributed by atoms with Crippen LogP contribution >= 0.6 is 23.6 Å². The van der Waals surface area contributed by atoms with Crippen LogP contribution in [-0.2, 0) is 6.67 Å². The summed E-state index contributed by atoms with van der Waals surface area (Å²) in [6.45, 7) is 4.27. The van der Waals surface area contributed by atoms with Gasteiger partial charge in [0.25, 0.3) is 0 Å². The number of hydrogen-bond donors (Lipinski definition) is 0. The Hall–Kier alpha value is -1.76. The zero-order chi connectivity index (χ0) is 16.5. The van der Waals surface area contributed by atoms with Crippen LogP contribution in [0.1, 0.15) is 0 Å². The van der Waals surface area contributed by atoms with Gasteiger partial charge in [-0.25, -0.2) is 4.39 Å². The summed E-state index contributed by atoms with van der Waals surface area (Å²) in [6.07, 6.45) is 0. The first-order chi connectivity index (χ1) is 11.7. The number of piperazine rings is 1. The van der Waals surface area contributed by atoms with Crippen molar-refractivity contribution in [2.24, 2.45) is 0 Å². The van der Waals surface area contributed by atoms with E-state index < -0.39 is 0 Å². The third-order valence-electron chi connectivity index (χ3n) is 4.48. The van der Waals surface area contributed by atoms with Crippen molar-refractivity contribution >= 4 is 39.5 Å². The summed E-state index contributed by atoms with van der Waals surface area (Å²) in [7, 11) is 0. The molecule has 24 heavy (non-hydrogen) atoms. The van der Waals surface area contributed by atoms with E-state index in [1.165, 1.54) is 16.3 Å². The Morgan fingerprint density at radius 1 is 0.958 bits per heavy atom. The smallest absolute Gasteiger partial charge is 0.163 e. The lowest BCUT2D eigenvalue weighted by Gasteiger charge is -2.36. The lowest BCUT2D eigenvalue weighted by Crippen LogP contribution is -2.47. The summed E-state index contributed by atoms with van der Waals surface area (Å²) in [5.41, 5.74) is 1.90. The molecule has 1 aliphatic heterocycles. The molecule has 1 aromatic heterocycles. The summed E-state index contributed by atoms with van der Waals surface area (Å²) in [6, 6.07) is 15.3. The molecule has 1 fully saturated rings. The molecule has 0 saturated carbocycles. The largest absolute Gasteiger partial charge is 0.367 e. The molecule has 0 N–H and O–H groups in total. The predicted octanol–water partition coefficient (Wildman–Crippen LogP) is 4.35. The number of halogens is 1. The van der Waals surface area contributed by atoms with Crippen molar-refractivity contribution in [3.63, 3.8) is 0 Å². The van der Waals surface area contributed by atoms with Crippen LogP contribution < -0.4 is 4.90 Å². The normalized spacial score (nSPS) is 16.0. The van der Waals surface area contributed by atoms with Crippen LogP contribution in [0.5, 0.6) is 0 Å². The SMILES string of the molecule is Fc1ccccc1N1CCN(Cn2c(=S)sc3ccccc32)CC1. The molecule has 2 heterocycles. The average Bonchev–Trinajstić information content (AvgIpc) is 2.92. The Kier molecular flexibility index (Phi) is 4.35. The molecular formula is C18H18FN3S2. The van der Waals surface area contributed by atoms with Crippen LogP contribution in [-0.4, -0.2) is 35.6 Å². The summed E-state index contributed by atoms with van der Waals surface area (Å²) >= 11 is 7.19. The van der Waals surface area contributed by atoms with Crippen LogP contribution in [0.3, 0.4) is 0 Å². The number of aromatic nitrogens is 1. The maximum absolute atomic E-state index is 13.9. The van der Waals surface area contributed by atoms with Crippen LogP contribution in [0.15, 0.2) is 48.5 Å². The van der Waals surface area contributed by atoms with Crippen LogP contribution in [0.4, 0.5) is 10.1 Å². The number of thiazole rings is 1. The predicted molar refractivity (Wildman–Crippen MR) is 101 cm³/mol. The Balaban J connectivity index is 1.48. The third kappa shape index (κ3) is 2.97. The minimum atomic E-state index is -0.142. The first-order valence-corrected chi connectivity index (χ1v) is 9.25. The number of hydrogen-bond acceptors (Lipinski definition) is 4. The molecule has 3 aromatic rings. The molecule has 1 aliphatic rings. The van der Waals surface area contributed by atoms with Crippen molar-refractivity contribution < 1.29 is 4.39 Å². The molecule has 0 spiro atoms. The molecule has 0 atom stereocenters. The van der Waals surface area contributed by atoms with E-state index in [4.69, 9.17) is 12.2 Å². The minimum absolute atomic E-state index is 0.142. The van der Waals surface area contributed by atoms with E-state index in [0.717, 1.165) is 36.8 Å². The molecule has 0 amide bonds. The highest BCUT2D eigenvalue weighted by molar-refractivity contribution is 7.73. The summed E-state index contributed by atoms with van der Waals surface area (Å²) in [5.74, 6) is -0.142. The Morgan fingerprint density at radius 3 is 2.46 bits per heavy atom. The molecule has 6 heteroatoms. The van der Waals surface area contributed by atoms with Gasteiger partial charge in [-0.1, -0.05) is 24.3 Å². The maximum Gasteiger partial charge on any atom is 0.163 e. The number of rotatable bonds is 3. The van der Waals surface area contributed by atoms with E-state index in [1.54, 1.807) is 17.4 Å². The van der Waals surface area contributed by atoms with Gasteiger partial charge < -0.3 is 9.47 Å². The van der Waals surface area contributed by atoms with Crippen molar-refractivity contribution in [2.45, 2.75) is 6.67 Å². The van der Waals surface area contributed by atoms with E-state index in [-0.39, 0.29) is 5.82 Å². The molecule has 0 unspecified atom stereocenters. The number of fused-ring (bicyclic) bond motifs is 1. The Labute approximate surface area is 149 Å². The highest BCUT2D eigenvalue weighted by Gasteiger charge is 2.20. The lowest BCUT2D eigenvalue weighted by molar-refractivity contribution is 0.208. The van der Waals surface area contributed by atoms with E-state index in [2.05, 4.69) is 32.6 Å². The standard InChI is InChI=1S/C18H18FN3S2/c19-14-5-1-2-6-15(14)21-11-9-20(10-12-21)13-22-16-7-3-4-8-17(16)24-18(22)23/h1-8H,9-13H2. The van der Waals surface area contributed by atoms with Crippen molar-refractivity contribution in [3.05, 3.63) is 58.3 Å². The quantitative estimate of drug-likeness (QED) is 0.645. The number of para-hydroxylation sites is 2. The van der Waals surface area contributed by atoms with Gasteiger partial charge in [0.05, 0.1) is 22.6 Å². The second-order valence-electron chi connectivity index (χ2n) is 5.96. The second-order valence-corrected chi connectivity index (χ2v) is 7.64. The molecule has 3 nitrogen and oxygen atoms in total. The fourth-order valence-corrected chi connectivity index (χ4v) is 4.50. The minimum Gasteiger partial charge on any atom is -0.367 e. The van der Waals surface area contributed by atoms with Gasteiger partial charge in [0, 0.05) is 26.2 Å². The van der Waals surface area contributed by atoms with Gasteiger partial charge in [-0.3, -0.25) is 4.90 Å². The van der Waals surface area contributed by atoms with Gasteiger partial charge >= 0.3 is 0 Å². The molecule has 2 aromatic carbocycles. The summed E-state index contributed by atoms with van der Waals surface area (Å²) in [5, 5.41) is 0. The van der Waals surface area contributed by atoms with Gasteiger partial charge in [0.2, 0.25) is 0 Å². The fourth-order valence-electron chi connectivity index (χ4n) is 3.19.